The SMILES string of the molecule is COCCC(C)(C)CNC(=O)c1cn(C2CNC2)nn1. The van der Waals surface area contributed by atoms with E-state index in [-0.39, 0.29) is 11.3 Å². The molecule has 0 atom stereocenters. The standard InChI is InChI=1S/C13H23N5O2/c1-13(2,4-5-20-3)9-15-12(19)11-8-18(17-16-11)10-6-14-7-10/h8,10,14H,4-7,9H2,1-3H3,(H,15,19). The second-order valence-electron chi connectivity index (χ2n) is 5.99. The van der Waals surface area contributed by atoms with Crippen LogP contribution in [0.5, 0.6) is 0 Å². The lowest BCUT2D eigenvalue weighted by Gasteiger charge is -2.26. The molecule has 1 aliphatic heterocycles. The van der Waals surface area contributed by atoms with Gasteiger partial charge in [-0.2, -0.15) is 0 Å². The first kappa shape index (κ1) is 14.9. The van der Waals surface area contributed by atoms with Crippen molar-refractivity contribution in [3.63, 3.8) is 0 Å². The van der Waals surface area contributed by atoms with Crippen LogP contribution in [0.3, 0.4) is 0 Å². The first-order valence-electron chi connectivity index (χ1n) is 6.91. The first-order chi connectivity index (χ1) is 9.52. The molecule has 0 saturated carbocycles. The molecule has 1 aromatic rings. The minimum absolute atomic E-state index is 0.000440. The monoisotopic (exact) mass is 281 g/mol. The van der Waals surface area contributed by atoms with Crippen molar-refractivity contribution in [3.05, 3.63) is 11.9 Å². The Hall–Kier alpha value is -1.47. The average molecular weight is 281 g/mol. The number of carbonyl (C=O) groups excluding carboxylic acids is 1. The highest BCUT2D eigenvalue weighted by atomic mass is 16.5. The van der Waals surface area contributed by atoms with E-state index in [1.807, 2.05) is 0 Å². The third-order valence-corrected chi connectivity index (χ3v) is 3.59. The second-order valence-corrected chi connectivity index (χ2v) is 5.99. The van der Waals surface area contributed by atoms with E-state index in [1.54, 1.807) is 18.0 Å². The number of nitrogens with one attached hydrogen (secondary N) is 2. The Bertz CT molecular complexity index is 453. The summed E-state index contributed by atoms with van der Waals surface area (Å²) in [6.45, 7) is 7.25. The smallest absolute Gasteiger partial charge is 0.273 e. The zero-order chi connectivity index (χ0) is 14.6. The van der Waals surface area contributed by atoms with Crippen LogP contribution in [0, 0.1) is 5.41 Å². The summed E-state index contributed by atoms with van der Waals surface area (Å²) in [6, 6.07) is 0.321. The molecule has 2 rings (SSSR count). The number of hydrogen-bond acceptors (Lipinski definition) is 5. The first-order valence-corrected chi connectivity index (χ1v) is 6.91. The van der Waals surface area contributed by atoms with Crippen molar-refractivity contribution in [2.75, 3.05) is 33.4 Å². The van der Waals surface area contributed by atoms with Gasteiger partial charge in [-0.05, 0) is 11.8 Å². The molecule has 1 amide bonds. The Kier molecular flexibility index (Phi) is 4.72. The fourth-order valence-corrected chi connectivity index (χ4v) is 1.90. The molecule has 112 valence electrons. The largest absolute Gasteiger partial charge is 0.385 e. The Morgan fingerprint density at radius 2 is 2.35 bits per heavy atom. The summed E-state index contributed by atoms with van der Waals surface area (Å²) >= 11 is 0. The van der Waals surface area contributed by atoms with Crippen LogP contribution in [0.2, 0.25) is 0 Å². The van der Waals surface area contributed by atoms with Crippen LogP contribution < -0.4 is 10.6 Å². The van der Waals surface area contributed by atoms with E-state index in [9.17, 15) is 4.79 Å². The summed E-state index contributed by atoms with van der Waals surface area (Å²) in [4.78, 5) is 12.0. The number of amides is 1. The zero-order valence-electron chi connectivity index (χ0n) is 12.3. The Balaban J connectivity index is 1.83. The van der Waals surface area contributed by atoms with E-state index in [1.165, 1.54) is 0 Å². The maximum atomic E-state index is 12.0. The van der Waals surface area contributed by atoms with Crippen molar-refractivity contribution in [2.45, 2.75) is 26.3 Å². The van der Waals surface area contributed by atoms with Crippen molar-refractivity contribution < 1.29 is 9.53 Å². The maximum Gasteiger partial charge on any atom is 0.273 e. The number of ether oxygens (including phenoxy) is 1. The van der Waals surface area contributed by atoms with Gasteiger partial charge in [0, 0.05) is 33.4 Å². The van der Waals surface area contributed by atoms with E-state index < -0.39 is 0 Å². The number of hydrogen-bond donors (Lipinski definition) is 2. The van der Waals surface area contributed by atoms with Crippen LogP contribution in [-0.2, 0) is 4.74 Å². The van der Waals surface area contributed by atoms with Gasteiger partial charge in [0.05, 0.1) is 12.2 Å². The molecule has 1 saturated heterocycles. The van der Waals surface area contributed by atoms with Crippen LogP contribution in [-0.4, -0.2) is 54.3 Å². The maximum absolute atomic E-state index is 12.0. The molecule has 1 aliphatic rings. The lowest BCUT2D eigenvalue weighted by atomic mass is 9.90. The molecule has 0 aliphatic carbocycles. The third kappa shape index (κ3) is 3.77. The summed E-state index contributed by atoms with van der Waals surface area (Å²) in [5, 5.41) is 14.0. The lowest BCUT2D eigenvalue weighted by Crippen LogP contribution is -2.43. The van der Waals surface area contributed by atoms with Crippen molar-refractivity contribution >= 4 is 5.91 Å². The Labute approximate surface area is 119 Å². The van der Waals surface area contributed by atoms with Crippen LogP contribution in [0.4, 0.5) is 0 Å². The van der Waals surface area contributed by atoms with Gasteiger partial charge in [-0.3, -0.25) is 4.79 Å². The van der Waals surface area contributed by atoms with Gasteiger partial charge in [-0.1, -0.05) is 19.1 Å². The molecule has 7 heteroatoms. The summed E-state index contributed by atoms with van der Waals surface area (Å²) in [5.41, 5.74) is 0.374. The van der Waals surface area contributed by atoms with Crippen molar-refractivity contribution in [3.8, 4) is 0 Å². The van der Waals surface area contributed by atoms with Gasteiger partial charge in [0.2, 0.25) is 0 Å². The van der Waals surface area contributed by atoms with Crippen LogP contribution in [0.15, 0.2) is 6.20 Å². The summed E-state index contributed by atoms with van der Waals surface area (Å²) in [5.74, 6) is -0.172. The lowest BCUT2D eigenvalue weighted by molar-refractivity contribution is 0.0916. The van der Waals surface area contributed by atoms with Gasteiger partial charge in [-0.15, -0.1) is 5.10 Å². The molecule has 0 spiro atoms. The Morgan fingerprint density at radius 1 is 1.60 bits per heavy atom. The highest BCUT2D eigenvalue weighted by Gasteiger charge is 2.23. The van der Waals surface area contributed by atoms with Crippen molar-refractivity contribution in [1.82, 2.24) is 25.6 Å². The minimum atomic E-state index is -0.172. The van der Waals surface area contributed by atoms with Crippen molar-refractivity contribution in [2.24, 2.45) is 5.41 Å². The van der Waals surface area contributed by atoms with Gasteiger partial charge in [0.25, 0.3) is 5.91 Å². The quantitative estimate of drug-likeness (QED) is 0.747. The molecule has 2 N–H and O–H groups in total. The molecular formula is C13H23N5O2. The fraction of sp³-hybridized carbons (Fsp3) is 0.769. The molecule has 0 bridgehead atoms. The molecule has 20 heavy (non-hydrogen) atoms. The third-order valence-electron chi connectivity index (χ3n) is 3.59. The van der Waals surface area contributed by atoms with Gasteiger partial charge in [-0.25, -0.2) is 4.68 Å². The Morgan fingerprint density at radius 3 is 2.95 bits per heavy atom. The summed E-state index contributed by atoms with van der Waals surface area (Å²) < 4.78 is 6.82. The van der Waals surface area contributed by atoms with Crippen LogP contribution >= 0.6 is 0 Å². The fourth-order valence-electron chi connectivity index (χ4n) is 1.90. The second kappa shape index (κ2) is 6.32. The number of methoxy groups -OCH3 is 1. The van der Waals surface area contributed by atoms with Gasteiger partial charge >= 0.3 is 0 Å². The molecule has 1 aromatic heterocycles. The minimum Gasteiger partial charge on any atom is -0.385 e. The molecule has 0 aromatic carbocycles. The van der Waals surface area contributed by atoms with E-state index in [0.717, 1.165) is 19.5 Å². The van der Waals surface area contributed by atoms with E-state index in [2.05, 4.69) is 34.8 Å². The van der Waals surface area contributed by atoms with Gasteiger partial charge < -0.3 is 15.4 Å². The normalized spacial score (nSPS) is 15.9. The zero-order valence-corrected chi connectivity index (χ0v) is 12.3. The van der Waals surface area contributed by atoms with E-state index >= 15 is 0 Å². The number of nitrogens with zero attached hydrogens (tertiary/aromatic N) is 3. The molecule has 2 heterocycles. The number of carbonyl (C=O) groups is 1. The van der Waals surface area contributed by atoms with Gasteiger partial charge in [0.15, 0.2) is 5.69 Å². The molecule has 0 radical (unpaired) electrons. The molecule has 7 nitrogen and oxygen atoms in total. The predicted molar refractivity (Wildman–Crippen MR) is 74.5 cm³/mol. The van der Waals surface area contributed by atoms with Crippen LogP contribution in [0.25, 0.3) is 0 Å². The molecular weight excluding hydrogens is 258 g/mol. The molecule has 1 fully saturated rings. The average Bonchev–Trinajstić information content (AvgIpc) is 2.81. The number of aromatic nitrogens is 3. The van der Waals surface area contributed by atoms with E-state index in [4.69, 9.17) is 4.74 Å². The van der Waals surface area contributed by atoms with E-state index in [0.29, 0.717) is 24.9 Å². The predicted octanol–water partition coefficient (Wildman–Crippen LogP) is 0.215. The van der Waals surface area contributed by atoms with Crippen LogP contribution in [0.1, 0.15) is 36.8 Å². The summed E-state index contributed by atoms with van der Waals surface area (Å²) in [7, 11) is 1.68. The van der Waals surface area contributed by atoms with Gasteiger partial charge in [0.1, 0.15) is 0 Å². The summed E-state index contributed by atoms with van der Waals surface area (Å²) in [6.07, 6.45) is 2.60. The number of rotatable bonds is 7. The molecule has 0 unspecified atom stereocenters. The highest BCUT2D eigenvalue weighted by Crippen LogP contribution is 2.19. The highest BCUT2D eigenvalue weighted by molar-refractivity contribution is 5.91. The van der Waals surface area contributed by atoms with Crippen molar-refractivity contribution in [1.29, 1.82) is 0 Å². The topological polar surface area (TPSA) is 81.1 Å².